The molecule has 1 aliphatic heterocycles. The standard InChI is InChI=1S/C19H17NO2/c1-13-7-8-14-12-19(17(21)16(14)11-13)9-10-20(18(19)22)15-5-3-2-4-6-15/h2-8,11H,9-10,12H2,1H3. The largest absolute Gasteiger partial charge is 0.311 e. The van der Waals surface area contributed by atoms with Crippen molar-refractivity contribution in [3.8, 4) is 0 Å². The molecule has 1 amide bonds. The van der Waals surface area contributed by atoms with Crippen LogP contribution in [-0.2, 0) is 11.2 Å². The van der Waals surface area contributed by atoms with E-state index < -0.39 is 5.41 Å². The average molecular weight is 291 g/mol. The fourth-order valence-corrected chi connectivity index (χ4v) is 3.72. The first-order valence-electron chi connectivity index (χ1n) is 7.63. The van der Waals surface area contributed by atoms with Gasteiger partial charge in [-0.2, -0.15) is 0 Å². The van der Waals surface area contributed by atoms with Crippen molar-refractivity contribution < 1.29 is 9.59 Å². The van der Waals surface area contributed by atoms with E-state index in [1.165, 1.54) is 0 Å². The third-order valence-electron chi connectivity index (χ3n) is 4.92. The second kappa shape index (κ2) is 4.54. The SMILES string of the molecule is Cc1ccc2c(c1)C(=O)C1(CCN(c3ccccc3)C1=O)C2. The van der Waals surface area contributed by atoms with Gasteiger partial charge in [0.25, 0.3) is 0 Å². The fourth-order valence-electron chi connectivity index (χ4n) is 3.72. The maximum atomic E-state index is 13.0. The number of aryl methyl sites for hydroxylation is 1. The van der Waals surface area contributed by atoms with Crippen LogP contribution in [0.25, 0.3) is 0 Å². The van der Waals surface area contributed by atoms with Gasteiger partial charge in [0.05, 0.1) is 0 Å². The monoisotopic (exact) mass is 291 g/mol. The second-order valence-electron chi connectivity index (χ2n) is 6.29. The number of anilines is 1. The molecule has 2 aromatic carbocycles. The minimum Gasteiger partial charge on any atom is -0.311 e. The molecule has 1 spiro atoms. The van der Waals surface area contributed by atoms with Crippen LogP contribution >= 0.6 is 0 Å². The van der Waals surface area contributed by atoms with Gasteiger partial charge in [-0.15, -0.1) is 0 Å². The van der Waals surface area contributed by atoms with Crippen molar-refractivity contribution in [2.24, 2.45) is 5.41 Å². The molecule has 0 radical (unpaired) electrons. The van der Waals surface area contributed by atoms with E-state index in [9.17, 15) is 9.59 Å². The lowest BCUT2D eigenvalue weighted by atomic mass is 9.82. The van der Waals surface area contributed by atoms with Crippen molar-refractivity contribution >= 4 is 17.4 Å². The van der Waals surface area contributed by atoms with E-state index >= 15 is 0 Å². The van der Waals surface area contributed by atoms with E-state index in [-0.39, 0.29) is 11.7 Å². The Hall–Kier alpha value is -2.42. The number of ketones is 1. The molecule has 1 saturated heterocycles. The predicted molar refractivity (Wildman–Crippen MR) is 85.1 cm³/mol. The number of Topliss-reactive ketones (excluding diaryl/α,β-unsaturated/α-hetero) is 1. The Kier molecular flexibility index (Phi) is 2.73. The molecule has 0 aromatic heterocycles. The number of nitrogens with zero attached hydrogens (tertiary/aromatic N) is 1. The van der Waals surface area contributed by atoms with Crippen LogP contribution in [-0.4, -0.2) is 18.2 Å². The van der Waals surface area contributed by atoms with Gasteiger partial charge in [-0.1, -0.05) is 35.9 Å². The summed E-state index contributed by atoms with van der Waals surface area (Å²) in [6, 6.07) is 15.5. The summed E-state index contributed by atoms with van der Waals surface area (Å²) < 4.78 is 0. The van der Waals surface area contributed by atoms with Crippen molar-refractivity contribution in [1.82, 2.24) is 0 Å². The maximum Gasteiger partial charge on any atom is 0.241 e. The van der Waals surface area contributed by atoms with Gasteiger partial charge in [0, 0.05) is 17.8 Å². The van der Waals surface area contributed by atoms with Gasteiger partial charge >= 0.3 is 0 Å². The molecule has 0 saturated carbocycles. The van der Waals surface area contributed by atoms with E-state index in [0.29, 0.717) is 19.4 Å². The highest BCUT2D eigenvalue weighted by Crippen LogP contribution is 2.45. The Bertz CT molecular complexity index is 781. The molecule has 0 bridgehead atoms. The van der Waals surface area contributed by atoms with E-state index in [4.69, 9.17) is 0 Å². The van der Waals surface area contributed by atoms with Gasteiger partial charge in [0.1, 0.15) is 5.41 Å². The topological polar surface area (TPSA) is 37.4 Å². The molecule has 110 valence electrons. The van der Waals surface area contributed by atoms with Crippen molar-refractivity contribution in [3.63, 3.8) is 0 Å². The Morgan fingerprint density at radius 1 is 1.05 bits per heavy atom. The number of para-hydroxylation sites is 1. The predicted octanol–water partition coefficient (Wildman–Crippen LogP) is 3.16. The summed E-state index contributed by atoms with van der Waals surface area (Å²) in [5.41, 5.74) is 2.83. The van der Waals surface area contributed by atoms with Crippen molar-refractivity contribution in [2.75, 3.05) is 11.4 Å². The van der Waals surface area contributed by atoms with E-state index in [1.807, 2.05) is 55.5 Å². The highest BCUT2D eigenvalue weighted by molar-refractivity contribution is 6.22. The molecule has 1 aliphatic carbocycles. The molecule has 1 heterocycles. The average Bonchev–Trinajstić information content (AvgIpc) is 3.01. The molecular formula is C19H17NO2. The number of amides is 1. The first-order chi connectivity index (χ1) is 10.6. The number of carbonyl (C=O) groups excluding carboxylic acids is 2. The van der Waals surface area contributed by atoms with Crippen LogP contribution in [0.5, 0.6) is 0 Å². The van der Waals surface area contributed by atoms with E-state index in [2.05, 4.69) is 0 Å². The number of benzene rings is 2. The summed E-state index contributed by atoms with van der Waals surface area (Å²) >= 11 is 0. The molecular weight excluding hydrogens is 274 g/mol. The third kappa shape index (κ3) is 1.68. The highest BCUT2D eigenvalue weighted by Gasteiger charge is 2.56. The summed E-state index contributed by atoms with van der Waals surface area (Å²) in [5, 5.41) is 0. The molecule has 2 aliphatic rings. The minimum absolute atomic E-state index is 0.00892. The van der Waals surface area contributed by atoms with Gasteiger partial charge in [-0.3, -0.25) is 9.59 Å². The third-order valence-corrected chi connectivity index (χ3v) is 4.92. The molecule has 3 nitrogen and oxygen atoms in total. The molecule has 22 heavy (non-hydrogen) atoms. The van der Waals surface area contributed by atoms with Crippen LogP contribution < -0.4 is 4.90 Å². The van der Waals surface area contributed by atoms with Crippen molar-refractivity contribution in [3.05, 3.63) is 65.2 Å². The summed E-state index contributed by atoms with van der Waals surface area (Å²) in [6.07, 6.45) is 1.15. The zero-order valence-corrected chi connectivity index (χ0v) is 12.5. The van der Waals surface area contributed by atoms with Crippen LogP contribution in [0, 0.1) is 12.3 Å². The maximum absolute atomic E-state index is 13.0. The Morgan fingerprint density at radius 3 is 2.59 bits per heavy atom. The number of hydrogen-bond donors (Lipinski definition) is 0. The van der Waals surface area contributed by atoms with Crippen LogP contribution in [0.15, 0.2) is 48.5 Å². The van der Waals surface area contributed by atoms with E-state index in [1.54, 1.807) is 4.90 Å². The summed E-state index contributed by atoms with van der Waals surface area (Å²) in [6.45, 7) is 2.59. The summed E-state index contributed by atoms with van der Waals surface area (Å²) in [5.74, 6) is -0.0350. The molecule has 1 atom stereocenters. The summed E-state index contributed by atoms with van der Waals surface area (Å²) in [7, 11) is 0. The number of fused-ring (bicyclic) bond motifs is 1. The van der Waals surface area contributed by atoms with Crippen LogP contribution in [0.2, 0.25) is 0 Å². The van der Waals surface area contributed by atoms with Crippen molar-refractivity contribution in [1.29, 1.82) is 0 Å². The van der Waals surface area contributed by atoms with Crippen molar-refractivity contribution in [2.45, 2.75) is 19.8 Å². The molecule has 0 N–H and O–H groups in total. The van der Waals surface area contributed by atoms with Gasteiger partial charge in [-0.25, -0.2) is 0 Å². The Balaban J connectivity index is 1.73. The molecule has 1 unspecified atom stereocenters. The summed E-state index contributed by atoms with van der Waals surface area (Å²) in [4.78, 5) is 27.7. The Labute approximate surface area is 129 Å². The lowest BCUT2D eigenvalue weighted by molar-refractivity contribution is -0.123. The van der Waals surface area contributed by atoms with Crippen LogP contribution in [0.3, 0.4) is 0 Å². The lowest BCUT2D eigenvalue weighted by Crippen LogP contribution is -2.38. The molecule has 3 heteroatoms. The first-order valence-corrected chi connectivity index (χ1v) is 7.63. The van der Waals surface area contributed by atoms with Crippen LogP contribution in [0.4, 0.5) is 5.69 Å². The zero-order valence-electron chi connectivity index (χ0n) is 12.5. The number of carbonyl (C=O) groups is 2. The first kappa shape index (κ1) is 13.3. The highest BCUT2D eigenvalue weighted by atomic mass is 16.2. The van der Waals surface area contributed by atoms with Gasteiger partial charge in [-0.05, 0) is 43.5 Å². The number of hydrogen-bond acceptors (Lipinski definition) is 2. The van der Waals surface area contributed by atoms with Gasteiger partial charge < -0.3 is 4.90 Å². The van der Waals surface area contributed by atoms with Gasteiger partial charge in [0.15, 0.2) is 5.78 Å². The zero-order chi connectivity index (χ0) is 15.3. The molecule has 2 aromatic rings. The van der Waals surface area contributed by atoms with Gasteiger partial charge in [0.2, 0.25) is 5.91 Å². The smallest absolute Gasteiger partial charge is 0.241 e. The molecule has 4 rings (SSSR count). The fraction of sp³-hybridized carbons (Fsp3) is 0.263. The quantitative estimate of drug-likeness (QED) is 0.757. The Morgan fingerprint density at radius 2 is 1.82 bits per heavy atom. The minimum atomic E-state index is -0.869. The lowest BCUT2D eigenvalue weighted by Gasteiger charge is -2.21. The normalized spacial score (nSPS) is 23.4. The molecule has 1 fully saturated rings. The number of rotatable bonds is 1. The van der Waals surface area contributed by atoms with E-state index in [0.717, 1.165) is 22.4 Å². The van der Waals surface area contributed by atoms with Crippen LogP contribution in [0.1, 0.15) is 27.9 Å². The second-order valence-corrected chi connectivity index (χ2v) is 6.29.